The van der Waals surface area contributed by atoms with Crippen molar-refractivity contribution < 1.29 is 18.3 Å². The second kappa shape index (κ2) is 7.65. The Hall–Kier alpha value is -0.730. The number of ether oxygens (including phenoxy) is 1. The number of nitrogens with zero attached hydrogens (tertiary/aromatic N) is 1. The molecule has 0 amide bonds. The average Bonchev–Trinajstić information content (AvgIpc) is 2.34. The molecule has 2 N–H and O–H groups in total. The molecule has 8 heteroatoms. The third-order valence-corrected chi connectivity index (χ3v) is 3.91. The Bertz CT molecular complexity index is 467. The molecule has 0 aliphatic rings. The summed E-state index contributed by atoms with van der Waals surface area (Å²) in [5, 5.41) is 8.42. The second-order valence-electron chi connectivity index (χ2n) is 3.38. The van der Waals surface area contributed by atoms with Crippen molar-refractivity contribution >= 4 is 21.6 Å². The van der Waals surface area contributed by atoms with Crippen molar-refractivity contribution in [1.29, 1.82) is 0 Å². The first-order chi connectivity index (χ1) is 8.58. The summed E-state index contributed by atoms with van der Waals surface area (Å²) < 4.78 is 31.1. The standard InChI is InChI=1S/C10H15ClN2O4S/c11-10-9(3-1-4-12-10)18(15,16)13-5-2-7-17-8-6-14/h1,3-4,13-14H,2,5-8H2. The lowest BCUT2D eigenvalue weighted by molar-refractivity contribution is 0.0913. The summed E-state index contributed by atoms with van der Waals surface area (Å²) in [6.45, 7) is 0.820. The molecular formula is C10H15ClN2O4S. The van der Waals surface area contributed by atoms with Crippen LogP contribution in [0.2, 0.25) is 5.15 Å². The van der Waals surface area contributed by atoms with Gasteiger partial charge in [-0.3, -0.25) is 0 Å². The number of hydrogen-bond donors (Lipinski definition) is 2. The maximum Gasteiger partial charge on any atom is 0.243 e. The zero-order valence-corrected chi connectivity index (χ0v) is 11.2. The molecule has 1 heterocycles. The van der Waals surface area contributed by atoms with Crippen molar-refractivity contribution in [2.75, 3.05) is 26.4 Å². The summed E-state index contributed by atoms with van der Waals surface area (Å²) in [5.41, 5.74) is 0. The molecule has 102 valence electrons. The number of hydrogen-bond acceptors (Lipinski definition) is 5. The van der Waals surface area contributed by atoms with Crippen LogP contribution in [0.3, 0.4) is 0 Å². The van der Waals surface area contributed by atoms with Crippen molar-refractivity contribution in [1.82, 2.24) is 9.71 Å². The highest BCUT2D eigenvalue weighted by Crippen LogP contribution is 2.17. The SMILES string of the molecule is O=S(=O)(NCCCOCCO)c1cccnc1Cl. The highest BCUT2D eigenvalue weighted by atomic mass is 35.5. The van der Waals surface area contributed by atoms with Crippen LogP contribution in [-0.2, 0) is 14.8 Å². The van der Waals surface area contributed by atoms with E-state index < -0.39 is 10.0 Å². The van der Waals surface area contributed by atoms with Gasteiger partial charge in [-0.1, -0.05) is 11.6 Å². The summed E-state index contributed by atoms with van der Waals surface area (Å²) in [7, 11) is -3.63. The fraction of sp³-hybridized carbons (Fsp3) is 0.500. The third kappa shape index (κ3) is 4.87. The maximum absolute atomic E-state index is 11.8. The van der Waals surface area contributed by atoms with Crippen LogP contribution < -0.4 is 4.72 Å². The molecule has 0 fully saturated rings. The fourth-order valence-electron chi connectivity index (χ4n) is 1.20. The summed E-state index contributed by atoms with van der Waals surface area (Å²) in [6.07, 6.45) is 1.93. The topological polar surface area (TPSA) is 88.5 Å². The Kier molecular flexibility index (Phi) is 6.51. The van der Waals surface area contributed by atoms with E-state index in [1.54, 1.807) is 0 Å². The molecule has 0 aromatic carbocycles. The minimum absolute atomic E-state index is 0.0389. The van der Waals surface area contributed by atoms with Crippen molar-refractivity contribution in [2.24, 2.45) is 0 Å². The molecule has 0 atom stereocenters. The summed E-state index contributed by atoms with van der Waals surface area (Å²) in [6, 6.07) is 2.89. The number of halogens is 1. The Morgan fingerprint density at radius 2 is 2.22 bits per heavy atom. The number of rotatable bonds is 8. The fourth-order valence-corrected chi connectivity index (χ4v) is 2.72. The van der Waals surface area contributed by atoms with Gasteiger partial charge in [0, 0.05) is 19.3 Å². The van der Waals surface area contributed by atoms with Crippen LogP contribution in [0.25, 0.3) is 0 Å². The van der Waals surface area contributed by atoms with Gasteiger partial charge in [-0.15, -0.1) is 0 Å². The summed E-state index contributed by atoms with van der Waals surface area (Å²) in [4.78, 5) is 3.67. The second-order valence-corrected chi connectivity index (χ2v) is 5.47. The number of nitrogens with one attached hydrogen (secondary N) is 1. The number of aliphatic hydroxyl groups is 1. The van der Waals surface area contributed by atoms with E-state index in [2.05, 4.69) is 9.71 Å². The van der Waals surface area contributed by atoms with Crippen molar-refractivity contribution in [3.05, 3.63) is 23.5 Å². The van der Waals surface area contributed by atoms with E-state index in [1.165, 1.54) is 18.3 Å². The van der Waals surface area contributed by atoms with Crippen molar-refractivity contribution in [3.8, 4) is 0 Å². The largest absolute Gasteiger partial charge is 0.394 e. The van der Waals surface area contributed by atoms with E-state index in [9.17, 15) is 8.42 Å². The molecular weight excluding hydrogens is 280 g/mol. The molecule has 1 rings (SSSR count). The minimum Gasteiger partial charge on any atom is -0.394 e. The molecule has 1 aromatic rings. The Morgan fingerprint density at radius 3 is 2.89 bits per heavy atom. The van der Waals surface area contributed by atoms with Gasteiger partial charge < -0.3 is 9.84 Å². The number of pyridine rings is 1. The number of aromatic nitrogens is 1. The molecule has 0 saturated carbocycles. The van der Waals surface area contributed by atoms with Gasteiger partial charge in [0.05, 0.1) is 13.2 Å². The first kappa shape index (κ1) is 15.3. The normalized spacial score (nSPS) is 11.7. The lowest BCUT2D eigenvalue weighted by atomic mass is 10.5. The molecule has 0 saturated heterocycles. The zero-order valence-electron chi connectivity index (χ0n) is 9.67. The maximum atomic E-state index is 11.8. The highest BCUT2D eigenvalue weighted by molar-refractivity contribution is 7.89. The lowest BCUT2D eigenvalue weighted by Gasteiger charge is -2.07. The van der Waals surface area contributed by atoms with E-state index in [0.717, 1.165) is 0 Å². The van der Waals surface area contributed by atoms with Crippen LogP contribution in [0.5, 0.6) is 0 Å². The molecule has 0 spiro atoms. The summed E-state index contributed by atoms with van der Waals surface area (Å²) in [5.74, 6) is 0. The van der Waals surface area contributed by atoms with Gasteiger partial charge in [0.15, 0.2) is 0 Å². The van der Waals surface area contributed by atoms with Crippen LogP contribution in [-0.4, -0.2) is 44.9 Å². The molecule has 0 aliphatic heterocycles. The van der Waals surface area contributed by atoms with Gasteiger partial charge >= 0.3 is 0 Å². The monoisotopic (exact) mass is 294 g/mol. The first-order valence-corrected chi connectivity index (χ1v) is 7.23. The molecule has 0 radical (unpaired) electrons. The summed E-state index contributed by atoms with van der Waals surface area (Å²) >= 11 is 5.71. The van der Waals surface area contributed by atoms with Crippen LogP contribution in [0.15, 0.2) is 23.2 Å². The van der Waals surface area contributed by atoms with Gasteiger partial charge in [0.25, 0.3) is 0 Å². The third-order valence-electron chi connectivity index (χ3n) is 2.01. The number of sulfonamides is 1. The predicted octanol–water partition coefficient (Wildman–Crippen LogP) is 0.412. The van der Waals surface area contributed by atoms with Gasteiger partial charge in [0.1, 0.15) is 10.0 Å². The van der Waals surface area contributed by atoms with Crippen LogP contribution in [0.4, 0.5) is 0 Å². The van der Waals surface area contributed by atoms with Gasteiger partial charge in [0.2, 0.25) is 10.0 Å². The minimum atomic E-state index is -3.63. The van der Waals surface area contributed by atoms with E-state index in [4.69, 9.17) is 21.4 Å². The highest BCUT2D eigenvalue weighted by Gasteiger charge is 2.17. The smallest absolute Gasteiger partial charge is 0.243 e. The molecule has 6 nitrogen and oxygen atoms in total. The van der Waals surface area contributed by atoms with Gasteiger partial charge in [-0.25, -0.2) is 18.1 Å². The van der Waals surface area contributed by atoms with Crippen LogP contribution in [0.1, 0.15) is 6.42 Å². The van der Waals surface area contributed by atoms with E-state index in [0.29, 0.717) is 13.0 Å². The molecule has 1 aromatic heterocycles. The molecule has 0 bridgehead atoms. The molecule has 18 heavy (non-hydrogen) atoms. The quantitative estimate of drug-likeness (QED) is 0.535. The first-order valence-electron chi connectivity index (χ1n) is 5.36. The van der Waals surface area contributed by atoms with Crippen molar-refractivity contribution in [2.45, 2.75) is 11.3 Å². The average molecular weight is 295 g/mol. The predicted molar refractivity (Wildman–Crippen MR) is 67.0 cm³/mol. The number of aliphatic hydroxyl groups excluding tert-OH is 1. The van der Waals surface area contributed by atoms with Gasteiger partial charge in [-0.05, 0) is 18.6 Å². The lowest BCUT2D eigenvalue weighted by Crippen LogP contribution is -2.26. The zero-order chi connectivity index (χ0) is 13.4. The van der Waals surface area contributed by atoms with Crippen molar-refractivity contribution in [3.63, 3.8) is 0 Å². The van der Waals surface area contributed by atoms with Gasteiger partial charge in [-0.2, -0.15) is 0 Å². The van der Waals surface area contributed by atoms with E-state index in [1.807, 2.05) is 0 Å². The molecule has 0 unspecified atom stereocenters. The van der Waals surface area contributed by atoms with Crippen LogP contribution in [0, 0.1) is 0 Å². The Morgan fingerprint density at radius 1 is 1.44 bits per heavy atom. The Balaban J connectivity index is 2.44. The van der Waals surface area contributed by atoms with E-state index in [-0.39, 0.29) is 29.8 Å². The molecule has 0 aliphatic carbocycles. The van der Waals surface area contributed by atoms with Crippen LogP contribution >= 0.6 is 11.6 Å². The Labute approximate surface area is 111 Å². The van der Waals surface area contributed by atoms with E-state index >= 15 is 0 Å².